The largest absolute Gasteiger partial charge is 0.329 e. The van der Waals surface area contributed by atoms with Gasteiger partial charge in [0.15, 0.2) is 0 Å². The van der Waals surface area contributed by atoms with Crippen LogP contribution in [-0.4, -0.2) is 6.54 Å². The third-order valence-corrected chi connectivity index (χ3v) is 2.28. The van der Waals surface area contributed by atoms with E-state index in [0.29, 0.717) is 6.54 Å². The molecule has 1 rings (SSSR count). The molecule has 5 heteroatoms. The summed E-state index contributed by atoms with van der Waals surface area (Å²) in [6, 6.07) is 7.78. The Morgan fingerprint density at radius 3 is 2.23 bits per heavy atom. The third-order valence-electron chi connectivity index (χ3n) is 1.56. The first kappa shape index (κ1) is 15.7. The van der Waals surface area contributed by atoms with Gasteiger partial charge in [-0.3, -0.25) is 0 Å². The van der Waals surface area contributed by atoms with Crippen LogP contribution in [0.4, 0.5) is 0 Å². The number of rotatable bonds is 2. The van der Waals surface area contributed by atoms with Crippen molar-refractivity contribution in [2.24, 2.45) is 11.5 Å². The highest BCUT2D eigenvalue weighted by Crippen LogP contribution is 2.20. The van der Waals surface area contributed by atoms with Crippen molar-refractivity contribution in [2.45, 2.75) is 6.04 Å². The summed E-state index contributed by atoms with van der Waals surface area (Å²) in [5, 5.41) is 0. The topological polar surface area (TPSA) is 52.0 Å². The first-order chi connectivity index (χ1) is 5.25. The van der Waals surface area contributed by atoms with Gasteiger partial charge < -0.3 is 11.5 Å². The predicted molar refractivity (Wildman–Crippen MR) is 64.6 cm³/mol. The lowest BCUT2D eigenvalue weighted by Gasteiger charge is -2.10. The molecule has 13 heavy (non-hydrogen) atoms. The Morgan fingerprint density at radius 1 is 1.23 bits per heavy atom. The zero-order valence-corrected chi connectivity index (χ0v) is 10.2. The highest BCUT2D eigenvalue weighted by atomic mass is 79.9. The van der Waals surface area contributed by atoms with Crippen LogP contribution in [0.15, 0.2) is 28.7 Å². The first-order valence-electron chi connectivity index (χ1n) is 3.45. The molecule has 1 unspecified atom stereocenters. The number of halogens is 3. The van der Waals surface area contributed by atoms with Gasteiger partial charge in [0.1, 0.15) is 0 Å². The van der Waals surface area contributed by atoms with E-state index in [1.54, 1.807) is 0 Å². The van der Waals surface area contributed by atoms with Crippen LogP contribution in [0.2, 0.25) is 0 Å². The molecule has 0 aliphatic heterocycles. The van der Waals surface area contributed by atoms with Crippen molar-refractivity contribution < 1.29 is 0 Å². The van der Waals surface area contributed by atoms with Crippen LogP contribution in [0.3, 0.4) is 0 Å². The van der Waals surface area contributed by atoms with Crippen LogP contribution >= 0.6 is 40.7 Å². The van der Waals surface area contributed by atoms with Crippen molar-refractivity contribution in [3.8, 4) is 0 Å². The van der Waals surface area contributed by atoms with Crippen molar-refractivity contribution in [2.75, 3.05) is 6.54 Å². The Bertz CT molecular complexity index is 245. The summed E-state index contributed by atoms with van der Waals surface area (Å²) in [5.41, 5.74) is 12.2. The first-order valence-corrected chi connectivity index (χ1v) is 4.25. The van der Waals surface area contributed by atoms with Gasteiger partial charge in [-0.1, -0.05) is 34.1 Å². The number of nitrogens with two attached hydrogens (primary N) is 2. The maximum atomic E-state index is 5.74. The summed E-state index contributed by atoms with van der Waals surface area (Å²) in [4.78, 5) is 0. The summed E-state index contributed by atoms with van der Waals surface area (Å²) in [6.45, 7) is 0.475. The van der Waals surface area contributed by atoms with Gasteiger partial charge in [0.25, 0.3) is 0 Å². The smallest absolute Gasteiger partial charge is 0.0430 e. The molecule has 0 aliphatic carbocycles. The molecule has 0 fully saturated rings. The summed E-state index contributed by atoms with van der Waals surface area (Å²) in [6.07, 6.45) is 0. The summed E-state index contributed by atoms with van der Waals surface area (Å²) in [5.74, 6) is 0. The quantitative estimate of drug-likeness (QED) is 0.877. The number of benzene rings is 1. The molecule has 0 spiro atoms. The second kappa shape index (κ2) is 7.59. The fourth-order valence-corrected chi connectivity index (χ4v) is 1.48. The van der Waals surface area contributed by atoms with E-state index in [4.69, 9.17) is 11.5 Å². The Kier molecular flexibility index (Phi) is 9.14. The fourth-order valence-electron chi connectivity index (χ4n) is 0.903. The molecule has 4 N–H and O–H groups in total. The molecule has 0 saturated carbocycles. The molecule has 0 aromatic heterocycles. The Balaban J connectivity index is 0. The average Bonchev–Trinajstić information content (AvgIpc) is 2.04. The molecule has 0 saturated heterocycles. The van der Waals surface area contributed by atoms with E-state index in [1.165, 1.54) is 0 Å². The van der Waals surface area contributed by atoms with E-state index in [0.717, 1.165) is 10.0 Å². The van der Waals surface area contributed by atoms with E-state index >= 15 is 0 Å². The minimum absolute atomic E-state index is 0. The normalized spacial score (nSPS) is 11.0. The maximum absolute atomic E-state index is 5.74. The third kappa shape index (κ3) is 4.29. The molecule has 0 amide bonds. The van der Waals surface area contributed by atoms with Crippen molar-refractivity contribution in [1.82, 2.24) is 0 Å². The molecule has 1 aromatic carbocycles. The molecule has 76 valence electrons. The molecule has 2 nitrogen and oxygen atoms in total. The van der Waals surface area contributed by atoms with Crippen LogP contribution in [0, 0.1) is 0 Å². The lowest BCUT2D eigenvalue weighted by Crippen LogP contribution is -2.20. The second-order valence-electron chi connectivity index (χ2n) is 2.36. The Labute approximate surface area is 99.0 Å². The van der Waals surface area contributed by atoms with Gasteiger partial charge in [-0.05, 0) is 11.6 Å². The average molecular weight is 288 g/mol. The Morgan fingerprint density at radius 2 is 1.77 bits per heavy atom. The lowest BCUT2D eigenvalue weighted by atomic mass is 10.1. The van der Waals surface area contributed by atoms with E-state index in [1.807, 2.05) is 24.3 Å². The Hall–Kier alpha value is 0.200. The van der Waals surface area contributed by atoms with Crippen LogP contribution in [0.25, 0.3) is 0 Å². The van der Waals surface area contributed by atoms with Gasteiger partial charge in [-0.2, -0.15) is 0 Å². The van der Waals surface area contributed by atoms with Gasteiger partial charge in [0.2, 0.25) is 0 Å². The molecule has 1 aromatic rings. The van der Waals surface area contributed by atoms with Gasteiger partial charge in [0.05, 0.1) is 0 Å². The summed E-state index contributed by atoms with van der Waals surface area (Å²) in [7, 11) is 0. The number of hydrogen-bond donors (Lipinski definition) is 2. The standard InChI is InChI=1S/C8H11BrN2.2ClH/c9-7-4-2-1-3-6(7)8(11)5-10;;/h1-4,8H,5,10-11H2;2*1H. The lowest BCUT2D eigenvalue weighted by molar-refractivity contribution is 0.733. The highest BCUT2D eigenvalue weighted by Gasteiger charge is 2.05. The minimum Gasteiger partial charge on any atom is -0.329 e. The predicted octanol–water partition coefficient (Wildman–Crippen LogP) is 2.25. The zero-order chi connectivity index (χ0) is 8.27. The maximum Gasteiger partial charge on any atom is 0.0430 e. The SMILES string of the molecule is Cl.Cl.NCC(N)c1ccccc1Br. The van der Waals surface area contributed by atoms with E-state index in [-0.39, 0.29) is 30.9 Å². The van der Waals surface area contributed by atoms with Crippen molar-refractivity contribution >= 4 is 40.7 Å². The van der Waals surface area contributed by atoms with Crippen molar-refractivity contribution in [1.29, 1.82) is 0 Å². The zero-order valence-electron chi connectivity index (χ0n) is 6.94. The molecular weight excluding hydrogens is 275 g/mol. The fraction of sp³-hybridized carbons (Fsp3) is 0.250. The molecule has 0 heterocycles. The minimum atomic E-state index is -0.0643. The van der Waals surface area contributed by atoms with Gasteiger partial charge in [0, 0.05) is 17.1 Å². The van der Waals surface area contributed by atoms with Crippen LogP contribution in [-0.2, 0) is 0 Å². The summed E-state index contributed by atoms with van der Waals surface area (Å²) >= 11 is 3.40. The van der Waals surface area contributed by atoms with E-state index in [9.17, 15) is 0 Å². The molecule has 0 radical (unpaired) electrons. The van der Waals surface area contributed by atoms with Gasteiger partial charge in [-0.15, -0.1) is 24.8 Å². The molecule has 1 atom stereocenters. The molecule has 0 aliphatic rings. The van der Waals surface area contributed by atoms with E-state index in [2.05, 4.69) is 15.9 Å². The van der Waals surface area contributed by atoms with Crippen molar-refractivity contribution in [3.05, 3.63) is 34.3 Å². The van der Waals surface area contributed by atoms with Crippen LogP contribution in [0.1, 0.15) is 11.6 Å². The van der Waals surface area contributed by atoms with Gasteiger partial charge in [-0.25, -0.2) is 0 Å². The van der Waals surface area contributed by atoms with Gasteiger partial charge >= 0.3 is 0 Å². The molecular formula is C8H13BrCl2N2. The highest BCUT2D eigenvalue weighted by molar-refractivity contribution is 9.10. The molecule has 0 bridgehead atoms. The second-order valence-corrected chi connectivity index (χ2v) is 3.22. The van der Waals surface area contributed by atoms with E-state index < -0.39 is 0 Å². The number of hydrogen-bond acceptors (Lipinski definition) is 2. The monoisotopic (exact) mass is 286 g/mol. The summed E-state index contributed by atoms with van der Waals surface area (Å²) < 4.78 is 1.03. The van der Waals surface area contributed by atoms with Crippen LogP contribution in [0.5, 0.6) is 0 Å². The van der Waals surface area contributed by atoms with Crippen LogP contribution < -0.4 is 11.5 Å². The van der Waals surface area contributed by atoms with Crippen molar-refractivity contribution in [3.63, 3.8) is 0 Å².